The highest BCUT2D eigenvalue weighted by molar-refractivity contribution is 6.00. The van der Waals surface area contributed by atoms with Gasteiger partial charge in [0.2, 0.25) is 0 Å². The number of aryl methyl sites for hydroxylation is 1. The van der Waals surface area contributed by atoms with Crippen LogP contribution in [0.25, 0.3) is 0 Å². The molecule has 0 bridgehead atoms. The van der Waals surface area contributed by atoms with Crippen LogP contribution in [0.5, 0.6) is 0 Å². The fourth-order valence-corrected chi connectivity index (χ4v) is 1.39. The Morgan fingerprint density at radius 3 is 2.87 bits per heavy atom. The van der Waals surface area contributed by atoms with Gasteiger partial charge in [-0.2, -0.15) is 0 Å². The van der Waals surface area contributed by atoms with Crippen LogP contribution in [-0.4, -0.2) is 19.5 Å². The Bertz CT molecular complexity index is 405. The summed E-state index contributed by atoms with van der Waals surface area (Å²) in [5, 5.41) is 5.63. The van der Waals surface area contributed by atoms with Gasteiger partial charge in [0.1, 0.15) is 0 Å². The van der Waals surface area contributed by atoms with E-state index in [1.165, 1.54) is 0 Å². The molecule has 2 N–H and O–H groups in total. The summed E-state index contributed by atoms with van der Waals surface area (Å²) >= 11 is 0. The lowest BCUT2D eigenvalue weighted by Crippen LogP contribution is -2.21. The van der Waals surface area contributed by atoms with E-state index in [1.54, 1.807) is 7.05 Å². The number of hydrogen-bond donors (Lipinski definition) is 2. The van der Waals surface area contributed by atoms with Crippen molar-refractivity contribution in [3.05, 3.63) is 29.3 Å². The van der Waals surface area contributed by atoms with Crippen molar-refractivity contribution in [2.24, 2.45) is 0 Å². The van der Waals surface area contributed by atoms with Crippen LogP contribution in [-0.2, 0) is 0 Å². The third-order valence-corrected chi connectivity index (χ3v) is 2.11. The predicted octanol–water partition coefficient (Wildman–Crippen LogP) is 1.40. The zero-order valence-electron chi connectivity index (χ0n) is 8.92. The van der Waals surface area contributed by atoms with Crippen molar-refractivity contribution in [1.29, 1.82) is 0 Å². The lowest BCUT2D eigenvalue weighted by molar-refractivity contribution is 0.0963. The van der Waals surface area contributed by atoms with E-state index < -0.39 is 0 Å². The highest BCUT2D eigenvalue weighted by Gasteiger charge is 2.11. The van der Waals surface area contributed by atoms with E-state index in [1.807, 2.05) is 25.1 Å². The monoisotopic (exact) mass is 202 g/mol. The first kappa shape index (κ1) is 11.1. The molecule has 0 heterocycles. The number of carbonyl (C=O) groups excluding carboxylic acids is 1. The molecular weight excluding hydrogens is 188 g/mol. The summed E-state index contributed by atoms with van der Waals surface area (Å²) in [5.41, 5.74) is 2.35. The van der Waals surface area contributed by atoms with Gasteiger partial charge in [-0.05, 0) is 18.6 Å². The molecule has 0 unspecified atom stereocenters. The van der Waals surface area contributed by atoms with Crippen LogP contribution in [0.3, 0.4) is 0 Å². The van der Waals surface area contributed by atoms with E-state index in [9.17, 15) is 4.79 Å². The number of hydrogen-bond acceptors (Lipinski definition) is 2. The van der Waals surface area contributed by atoms with Gasteiger partial charge in [-0.25, -0.2) is 0 Å². The van der Waals surface area contributed by atoms with Crippen LogP contribution in [0.1, 0.15) is 15.9 Å². The first-order chi connectivity index (χ1) is 7.20. The van der Waals surface area contributed by atoms with Crippen LogP contribution in [0, 0.1) is 19.3 Å². The fraction of sp³-hybridized carbons (Fsp3) is 0.250. The maximum atomic E-state index is 11.6. The summed E-state index contributed by atoms with van der Waals surface area (Å²) < 4.78 is 0. The van der Waals surface area contributed by atoms with Gasteiger partial charge in [-0.3, -0.25) is 4.79 Å². The quantitative estimate of drug-likeness (QED) is 0.727. The molecule has 1 rings (SSSR count). The number of benzene rings is 1. The van der Waals surface area contributed by atoms with Crippen molar-refractivity contribution in [3.63, 3.8) is 0 Å². The lowest BCUT2D eigenvalue weighted by Gasteiger charge is -2.11. The average molecular weight is 202 g/mol. The molecule has 0 fully saturated rings. The minimum Gasteiger partial charge on any atom is -0.373 e. The van der Waals surface area contributed by atoms with Gasteiger partial charge >= 0.3 is 0 Å². The largest absolute Gasteiger partial charge is 0.373 e. The van der Waals surface area contributed by atoms with Crippen molar-refractivity contribution in [2.45, 2.75) is 6.92 Å². The summed E-state index contributed by atoms with van der Waals surface area (Å²) in [5.74, 6) is 2.37. The molecule has 78 valence electrons. The van der Waals surface area contributed by atoms with Gasteiger partial charge in [0.05, 0.1) is 12.1 Å². The smallest absolute Gasteiger partial charge is 0.253 e. The van der Waals surface area contributed by atoms with E-state index in [0.717, 1.165) is 11.3 Å². The van der Waals surface area contributed by atoms with E-state index in [4.69, 9.17) is 6.42 Å². The highest BCUT2D eigenvalue weighted by Crippen LogP contribution is 2.18. The SMILES string of the molecule is C#CCNc1cccc(C)c1C(=O)NC. The molecule has 1 amide bonds. The van der Waals surface area contributed by atoms with Crippen LogP contribution in [0.4, 0.5) is 5.69 Å². The second-order valence-electron chi connectivity index (χ2n) is 3.13. The molecule has 3 heteroatoms. The Balaban J connectivity index is 3.09. The van der Waals surface area contributed by atoms with Gasteiger partial charge in [0.25, 0.3) is 5.91 Å². The Labute approximate surface area is 89.9 Å². The molecule has 0 aliphatic rings. The molecular formula is C12H14N2O. The fourth-order valence-electron chi connectivity index (χ4n) is 1.39. The summed E-state index contributed by atoms with van der Waals surface area (Å²) in [6.07, 6.45) is 5.16. The Hall–Kier alpha value is -1.95. The molecule has 0 saturated heterocycles. The number of carbonyl (C=O) groups is 1. The van der Waals surface area contributed by atoms with Crippen molar-refractivity contribution >= 4 is 11.6 Å². The number of rotatable bonds is 3. The second-order valence-corrected chi connectivity index (χ2v) is 3.13. The van der Waals surface area contributed by atoms with Crippen LogP contribution < -0.4 is 10.6 Å². The zero-order valence-corrected chi connectivity index (χ0v) is 8.92. The molecule has 15 heavy (non-hydrogen) atoms. The summed E-state index contributed by atoms with van der Waals surface area (Å²) in [7, 11) is 1.61. The Morgan fingerprint density at radius 2 is 2.27 bits per heavy atom. The van der Waals surface area contributed by atoms with Gasteiger partial charge in [0.15, 0.2) is 0 Å². The molecule has 1 aromatic carbocycles. The topological polar surface area (TPSA) is 41.1 Å². The van der Waals surface area contributed by atoms with Gasteiger partial charge in [-0.15, -0.1) is 6.42 Å². The summed E-state index contributed by atoms with van der Waals surface area (Å²) in [6, 6.07) is 5.63. The van der Waals surface area contributed by atoms with Crippen molar-refractivity contribution in [2.75, 3.05) is 18.9 Å². The van der Waals surface area contributed by atoms with Crippen molar-refractivity contribution in [1.82, 2.24) is 5.32 Å². The number of nitrogens with one attached hydrogen (secondary N) is 2. The molecule has 0 aliphatic heterocycles. The van der Waals surface area contributed by atoms with E-state index in [2.05, 4.69) is 16.6 Å². The molecule has 3 nitrogen and oxygen atoms in total. The maximum Gasteiger partial charge on any atom is 0.253 e. The zero-order chi connectivity index (χ0) is 11.3. The molecule has 0 saturated carbocycles. The number of terminal acetylenes is 1. The molecule has 1 aromatic rings. The predicted molar refractivity (Wildman–Crippen MR) is 61.9 cm³/mol. The van der Waals surface area contributed by atoms with Gasteiger partial charge in [0, 0.05) is 12.7 Å². The second kappa shape index (κ2) is 5.06. The molecule has 0 aromatic heterocycles. The van der Waals surface area contributed by atoms with Crippen molar-refractivity contribution in [3.8, 4) is 12.3 Å². The summed E-state index contributed by atoms with van der Waals surface area (Å²) in [4.78, 5) is 11.6. The molecule has 0 atom stereocenters. The van der Waals surface area contributed by atoms with E-state index >= 15 is 0 Å². The van der Waals surface area contributed by atoms with Gasteiger partial charge < -0.3 is 10.6 Å². The van der Waals surface area contributed by atoms with E-state index in [0.29, 0.717) is 12.1 Å². The van der Waals surface area contributed by atoms with E-state index in [-0.39, 0.29) is 5.91 Å². The highest BCUT2D eigenvalue weighted by atomic mass is 16.1. The standard InChI is InChI=1S/C12H14N2O/c1-4-8-14-10-7-5-6-9(2)11(10)12(15)13-3/h1,5-7,14H,8H2,2-3H3,(H,13,15). The molecule has 0 aliphatic carbocycles. The minimum atomic E-state index is -0.104. The third kappa shape index (κ3) is 2.50. The van der Waals surface area contributed by atoms with Gasteiger partial charge in [-0.1, -0.05) is 18.1 Å². The number of anilines is 1. The summed E-state index contributed by atoms with van der Waals surface area (Å²) in [6.45, 7) is 2.30. The first-order valence-corrected chi connectivity index (χ1v) is 4.69. The van der Waals surface area contributed by atoms with Crippen LogP contribution >= 0.6 is 0 Å². The normalized spacial score (nSPS) is 9.13. The van der Waals surface area contributed by atoms with Crippen molar-refractivity contribution < 1.29 is 4.79 Å². The molecule has 0 radical (unpaired) electrons. The average Bonchev–Trinajstić information content (AvgIpc) is 2.25. The third-order valence-electron chi connectivity index (χ3n) is 2.11. The maximum absolute atomic E-state index is 11.6. The Morgan fingerprint density at radius 1 is 1.53 bits per heavy atom. The minimum absolute atomic E-state index is 0.104. The number of amides is 1. The van der Waals surface area contributed by atoms with Crippen LogP contribution in [0.15, 0.2) is 18.2 Å². The van der Waals surface area contributed by atoms with Crippen LogP contribution in [0.2, 0.25) is 0 Å². The first-order valence-electron chi connectivity index (χ1n) is 4.69. The Kier molecular flexibility index (Phi) is 3.75. The molecule has 0 spiro atoms. The lowest BCUT2D eigenvalue weighted by atomic mass is 10.1.